The number of ether oxygens (including phenoxy) is 1. The van der Waals surface area contributed by atoms with Gasteiger partial charge in [0.15, 0.2) is 0 Å². The van der Waals surface area contributed by atoms with Crippen molar-refractivity contribution in [1.29, 1.82) is 0 Å². The lowest BCUT2D eigenvalue weighted by molar-refractivity contribution is -0.162. The molecule has 0 spiro atoms. The summed E-state index contributed by atoms with van der Waals surface area (Å²) < 4.78 is 5.75. The van der Waals surface area contributed by atoms with E-state index < -0.39 is 0 Å². The smallest absolute Gasteiger partial charge is 0.333 e. The first kappa shape index (κ1) is 16.2. The van der Waals surface area contributed by atoms with Gasteiger partial charge in [0.05, 0.1) is 0 Å². The Morgan fingerprint density at radius 2 is 2.00 bits per heavy atom. The molecule has 1 N–H and O–H groups in total. The Labute approximate surface area is 117 Å². The molecule has 2 unspecified atom stereocenters. The van der Waals surface area contributed by atoms with E-state index >= 15 is 0 Å². The van der Waals surface area contributed by atoms with Crippen molar-refractivity contribution in [3.05, 3.63) is 11.6 Å². The van der Waals surface area contributed by atoms with Crippen LogP contribution in [0.5, 0.6) is 0 Å². The average molecular weight is 268 g/mol. The molecule has 0 aromatic carbocycles. The predicted molar refractivity (Wildman–Crippen MR) is 76.8 cm³/mol. The molecule has 1 fully saturated rings. The van der Waals surface area contributed by atoms with Crippen LogP contribution in [0, 0.1) is 11.3 Å². The van der Waals surface area contributed by atoms with E-state index in [4.69, 9.17) is 9.84 Å². The minimum absolute atomic E-state index is 0.0615. The molecule has 0 aliphatic heterocycles. The largest absolute Gasteiger partial charge is 0.456 e. The van der Waals surface area contributed by atoms with Crippen LogP contribution in [-0.4, -0.2) is 23.3 Å². The zero-order chi connectivity index (χ0) is 14.7. The minimum Gasteiger partial charge on any atom is -0.456 e. The van der Waals surface area contributed by atoms with E-state index in [1.54, 1.807) is 13.0 Å². The second-order valence-corrected chi connectivity index (χ2v) is 7.09. The molecular weight excluding hydrogens is 240 g/mol. The van der Waals surface area contributed by atoms with Crippen molar-refractivity contribution in [2.75, 3.05) is 6.61 Å². The standard InChI is InChI=1S/C16H28O3/c1-12-9-15(3,4)11-16(5,10-12)19-14(18)13(2)7-6-8-17/h7,12,17H,6,8-11H2,1-5H3. The Balaban J connectivity index is 2.71. The van der Waals surface area contributed by atoms with Crippen molar-refractivity contribution in [3.63, 3.8) is 0 Å². The lowest BCUT2D eigenvalue weighted by atomic mass is 9.66. The molecule has 0 heterocycles. The Bertz CT molecular complexity index is 357. The fourth-order valence-corrected chi connectivity index (χ4v) is 3.66. The molecule has 0 saturated heterocycles. The highest BCUT2D eigenvalue weighted by Gasteiger charge is 2.42. The molecule has 0 aromatic rings. The predicted octanol–water partition coefficient (Wildman–Crippen LogP) is 3.46. The third kappa shape index (κ3) is 4.98. The van der Waals surface area contributed by atoms with Crippen LogP contribution in [0.15, 0.2) is 11.6 Å². The van der Waals surface area contributed by atoms with Gasteiger partial charge in [0, 0.05) is 12.2 Å². The van der Waals surface area contributed by atoms with E-state index in [0.29, 0.717) is 17.9 Å². The first-order valence-corrected chi connectivity index (χ1v) is 7.18. The first-order valence-electron chi connectivity index (χ1n) is 7.18. The number of hydrogen-bond donors (Lipinski definition) is 1. The molecule has 0 aromatic heterocycles. The van der Waals surface area contributed by atoms with E-state index in [1.165, 1.54) is 6.42 Å². The number of esters is 1. The summed E-state index contributed by atoms with van der Waals surface area (Å²) in [4.78, 5) is 12.1. The average Bonchev–Trinajstić information content (AvgIpc) is 2.21. The topological polar surface area (TPSA) is 46.5 Å². The summed E-state index contributed by atoms with van der Waals surface area (Å²) in [5.74, 6) is 0.323. The van der Waals surface area contributed by atoms with Crippen molar-refractivity contribution in [3.8, 4) is 0 Å². The van der Waals surface area contributed by atoms with E-state index in [-0.39, 0.29) is 23.6 Å². The monoisotopic (exact) mass is 268 g/mol. The van der Waals surface area contributed by atoms with Crippen LogP contribution < -0.4 is 0 Å². The zero-order valence-corrected chi connectivity index (χ0v) is 13.0. The number of carbonyl (C=O) groups is 1. The number of aliphatic hydroxyl groups excluding tert-OH is 1. The Hall–Kier alpha value is -0.830. The van der Waals surface area contributed by atoms with E-state index in [2.05, 4.69) is 20.8 Å². The molecule has 0 radical (unpaired) electrons. The molecule has 1 aliphatic rings. The second kappa shape index (κ2) is 6.08. The maximum absolute atomic E-state index is 12.1. The molecular formula is C16H28O3. The van der Waals surface area contributed by atoms with Gasteiger partial charge in [0.2, 0.25) is 0 Å². The molecule has 0 bridgehead atoms. The van der Waals surface area contributed by atoms with Gasteiger partial charge in [-0.2, -0.15) is 0 Å². The molecule has 0 amide bonds. The molecule has 2 atom stereocenters. The third-order valence-electron chi connectivity index (χ3n) is 3.77. The van der Waals surface area contributed by atoms with Crippen molar-refractivity contribution in [2.45, 2.75) is 65.9 Å². The highest BCUT2D eigenvalue weighted by Crippen LogP contribution is 2.45. The summed E-state index contributed by atoms with van der Waals surface area (Å²) in [7, 11) is 0. The Kier molecular flexibility index (Phi) is 5.19. The van der Waals surface area contributed by atoms with Crippen LogP contribution in [0.25, 0.3) is 0 Å². The van der Waals surface area contributed by atoms with Gasteiger partial charge in [0.25, 0.3) is 0 Å². The van der Waals surface area contributed by atoms with E-state index in [0.717, 1.165) is 12.8 Å². The molecule has 1 rings (SSSR count). The Morgan fingerprint density at radius 3 is 2.53 bits per heavy atom. The van der Waals surface area contributed by atoms with Gasteiger partial charge in [-0.1, -0.05) is 26.8 Å². The Morgan fingerprint density at radius 1 is 1.37 bits per heavy atom. The van der Waals surface area contributed by atoms with Crippen molar-refractivity contribution in [1.82, 2.24) is 0 Å². The van der Waals surface area contributed by atoms with Crippen LogP contribution >= 0.6 is 0 Å². The van der Waals surface area contributed by atoms with Gasteiger partial charge in [-0.15, -0.1) is 0 Å². The van der Waals surface area contributed by atoms with Gasteiger partial charge in [0.1, 0.15) is 5.60 Å². The number of rotatable bonds is 4. The molecule has 3 heteroatoms. The van der Waals surface area contributed by atoms with Gasteiger partial charge in [-0.25, -0.2) is 4.79 Å². The van der Waals surface area contributed by atoms with Crippen molar-refractivity contribution >= 4 is 5.97 Å². The fraction of sp³-hybridized carbons (Fsp3) is 0.812. The van der Waals surface area contributed by atoms with E-state index in [9.17, 15) is 4.79 Å². The van der Waals surface area contributed by atoms with Gasteiger partial charge in [-0.3, -0.25) is 0 Å². The third-order valence-corrected chi connectivity index (χ3v) is 3.77. The van der Waals surface area contributed by atoms with E-state index in [1.807, 2.05) is 6.92 Å². The molecule has 110 valence electrons. The van der Waals surface area contributed by atoms with Crippen LogP contribution in [0.1, 0.15) is 60.3 Å². The van der Waals surface area contributed by atoms with Crippen LogP contribution in [0.3, 0.4) is 0 Å². The molecule has 3 nitrogen and oxygen atoms in total. The summed E-state index contributed by atoms with van der Waals surface area (Å²) in [5, 5.41) is 8.78. The van der Waals surface area contributed by atoms with Gasteiger partial charge < -0.3 is 9.84 Å². The van der Waals surface area contributed by atoms with Crippen molar-refractivity contribution in [2.24, 2.45) is 11.3 Å². The number of aliphatic hydroxyl groups is 1. The second-order valence-electron chi connectivity index (χ2n) is 7.09. The molecule has 1 aliphatic carbocycles. The van der Waals surface area contributed by atoms with Crippen molar-refractivity contribution < 1.29 is 14.6 Å². The van der Waals surface area contributed by atoms with Gasteiger partial charge >= 0.3 is 5.97 Å². The SMILES string of the molecule is CC(=CCCO)C(=O)OC1(C)CC(C)CC(C)(C)C1. The summed E-state index contributed by atoms with van der Waals surface area (Å²) in [5.41, 5.74) is 0.438. The highest BCUT2D eigenvalue weighted by molar-refractivity contribution is 5.88. The molecule has 1 saturated carbocycles. The van der Waals surface area contributed by atoms with Crippen LogP contribution in [0.4, 0.5) is 0 Å². The van der Waals surface area contributed by atoms with Crippen LogP contribution in [0.2, 0.25) is 0 Å². The highest BCUT2D eigenvalue weighted by atomic mass is 16.6. The fourth-order valence-electron chi connectivity index (χ4n) is 3.66. The number of hydrogen-bond acceptors (Lipinski definition) is 3. The normalized spacial score (nSPS) is 31.1. The lowest BCUT2D eigenvalue weighted by Gasteiger charge is -2.45. The minimum atomic E-state index is -0.368. The maximum Gasteiger partial charge on any atom is 0.333 e. The summed E-state index contributed by atoms with van der Waals surface area (Å²) >= 11 is 0. The first-order chi connectivity index (χ1) is 8.67. The summed E-state index contributed by atoms with van der Waals surface area (Å²) in [6.07, 6.45) is 5.25. The number of carbonyl (C=O) groups excluding carboxylic acids is 1. The lowest BCUT2D eigenvalue weighted by Crippen LogP contribution is -2.43. The maximum atomic E-state index is 12.1. The van der Waals surface area contributed by atoms with Gasteiger partial charge in [-0.05, 0) is 50.9 Å². The quantitative estimate of drug-likeness (QED) is 0.627. The zero-order valence-electron chi connectivity index (χ0n) is 13.0. The summed E-state index contributed by atoms with van der Waals surface area (Å²) in [6.45, 7) is 10.6. The summed E-state index contributed by atoms with van der Waals surface area (Å²) in [6, 6.07) is 0. The molecule has 19 heavy (non-hydrogen) atoms. The van der Waals surface area contributed by atoms with Crippen LogP contribution in [-0.2, 0) is 9.53 Å².